The summed E-state index contributed by atoms with van der Waals surface area (Å²) in [5.74, 6) is -1.22. The summed E-state index contributed by atoms with van der Waals surface area (Å²) < 4.78 is 64.2. The fourth-order valence-electron chi connectivity index (χ4n) is 2.00. The van der Waals surface area contributed by atoms with Crippen LogP contribution in [-0.2, 0) is 16.2 Å². The molecule has 2 aromatic carbocycles. The third-order valence-electron chi connectivity index (χ3n) is 3.30. The van der Waals surface area contributed by atoms with Crippen LogP contribution >= 0.6 is 0 Å². The minimum Gasteiger partial charge on any atom is -0.478 e. The fraction of sp³-hybridized carbons (Fsp3) is 0.133. The first-order valence-electron chi connectivity index (χ1n) is 6.55. The normalized spacial score (nSPS) is 12.0. The number of nitrogens with one attached hydrogen (secondary N) is 1. The predicted molar refractivity (Wildman–Crippen MR) is 80.4 cm³/mol. The Morgan fingerprint density at radius 3 is 2.17 bits per heavy atom. The molecule has 0 saturated carbocycles. The highest BCUT2D eigenvalue weighted by atomic mass is 32.2. The SMILES string of the molecule is Cc1c(NS(=O)(=O)c2ccc(C(F)(F)F)cc2)cccc1C(=O)O. The van der Waals surface area contributed by atoms with Crippen molar-refractivity contribution in [3.05, 3.63) is 59.2 Å². The predicted octanol–water partition coefficient (Wildman–Crippen LogP) is 3.51. The summed E-state index contributed by atoms with van der Waals surface area (Å²) in [4.78, 5) is 10.7. The summed E-state index contributed by atoms with van der Waals surface area (Å²) in [6.45, 7) is 1.42. The number of hydrogen-bond donors (Lipinski definition) is 2. The number of anilines is 1. The van der Waals surface area contributed by atoms with Crippen molar-refractivity contribution in [2.24, 2.45) is 0 Å². The van der Waals surface area contributed by atoms with Crippen LogP contribution in [0.5, 0.6) is 0 Å². The number of sulfonamides is 1. The zero-order chi connectivity index (χ0) is 18.1. The molecule has 0 unspecified atom stereocenters. The first-order valence-corrected chi connectivity index (χ1v) is 8.03. The zero-order valence-electron chi connectivity index (χ0n) is 12.3. The number of aromatic carboxylic acids is 1. The van der Waals surface area contributed by atoms with Crippen molar-refractivity contribution in [1.82, 2.24) is 0 Å². The molecule has 0 aliphatic heterocycles. The Hall–Kier alpha value is -2.55. The molecule has 5 nitrogen and oxygen atoms in total. The Morgan fingerprint density at radius 1 is 1.08 bits per heavy atom. The number of rotatable bonds is 4. The van der Waals surface area contributed by atoms with Crippen LogP contribution in [0.2, 0.25) is 0 Å². The molecule has 0 aliphatic rings. The molecule has 2 N–H and O–H groups in total. The number of alkyl halides is 3. The van der Waals surface area contributed by atoms with Crippen LogP contribution < -0.4 is 4.72 Å². The van der Waals surface area contributed by atoms with E-state index in [0.717, 1.165) is 12.1 Å². The Kier molecular flexibility index (Phi) is 4.57. The lowest BCUT2D eigenvalue weighted by Gasteiger charge is -2.13. The number of hydrogen-bond acceptors (Lipinski definition) is 3. The van der Waals surface area contributed by atoms with Gasteiger partial charge in [0.25, 0.3) is 10.0 Å². The van der Waals surface area contributed by atoms with Crippen LogP contribution in [0.15, 0.2) is 47.4 Å². The second kappa shape index (κ2) is 6.16. The molecule has 0 bridgehead atoms. The molecule has 0 atom stereocenters. The summed E-state index contributed by atoms with van der Waals surface area (Å²) in [6.07, 6.45) is -4.57. The van der Waals surface area contributed by atoms with E-state index in [9.17, 15) is 26.4 Å². The lowest BCUT2D eigenvalue weighted by Crippen LogP contribution is -2.15. The molecular weight excluding hydrogens is 347 g/mol. The Labute approximate surface area is 135 Å². The van der Waals surface area contributed by atoms with Crippen LogP contribution in [-0.4, -0.2) is 19.5 Å². The van der Waals surface area contributed by atoms with Gasteiger partial charge in [0.1, 0.15) is 0 Å². The number of benzene rings is 2. The van der Waals surface area contributed by atoms with Gasteiger partial charge in [-0.1, -0.05) is 6.07 Å². The maximum atomic E-state index is 12.5. The van der Waals surface area contributed by atoms with Crippen molar-refractivity contribution in [1.29, 1.82) is 0 Å². The van der Waals surface area contributed by atoms with Gasteiger partial charge in [0.2, 0.25) is 0 Å². The smallest absolute Gasteiger partial charge is 0.416 e. The quantitative estimate of drug-likeness (QED) is 0.875. The van der Waals surface area contributed by atoms with Crippen LogP contribution in [0.3, 0.4) is 0 Å². The van der Waals surface area contributed by atoms with E-state index < -0.39 is 27.7 Å². The van der Waals surface area contributed by atoms with Crippen LogP contribution in [0, 0.1) is 6.92 Å². The van der Waals surface area contributed by atoms with Gasteiger partial charge in [-0.05, 0) is 48.9 Å². The maximum Gasteiger partial charge on any atom is 0.416 e. The molecule has 2 rings (SSSR count). The van der Waals surface area contributed by atoms with E-state index in [4.69, 9.17) is 5.11 Å². The summed E-state index contributed by atoms with van der Waals surface area (Å²) in [7, 11) is -4.15. The van der Waals surface area contributed by atoms with Gasteiger partial charge in [-0.25, -0.2) is 13.2 Å². The van der Waals surface area contributed by atoms with E-state index in [-0.39, 0.29) is 21.7 Å². The van der Waals surface area contributed by atoms with Crippen molar-refractivity contribution in [2.45, 2.75) is 18.0 Å². The average Bonchev–Trinajstić information content (AvgIpc) is 2.48. The average molecular weight is 359 g/mol. The molecule has 0 fully saturated rings. The molecule has 0 amide bonds. The van der Waals surface area contributed by atoms with Crippen molar-refractivity contribution in [2.75, 3.05) is 4.72 Å². The van der Waals surface area contributed by atoms with Crippen molar-refractivity contribution in [3.8, 4) is 0 Å². The van der Waals surface area contributed by atoms with E-state index in [2.05, 4.69) is 4.72 Å². The van der Waals surface area contributed by atoms with E-state index >= 15 is 0 Å². The van der Waals surface area contributed by atoms with E-state index in [1.54, 1.807) is 0 Å². The molecule has 0 heterocycles. The number of carbonyl (C=O) groups is 1. The minimum absolute atomic E-state index is 0.0368. The standard InChI is InChI=1S/C15H12F3NO4S/c1-9-12(14(20)21)3-2-4-13(9)19-24(22,23)11-7-5-10(6-8-11)15(16,17)18/h2-8,19H,1H3,(H,20,21). The van der Waals surface area contributed by atoms with E-state index in [1.165, 1.54) is 25.1 Å². The zero-order valence-corrected chi connectivity index (χ0v) is 13.1. The van der Waals surface area contributed by atoms with Gasteiger partial charge < -0.3 is 5.11 Å². The van der Waals surface area contributed by atoms with Crippen molar-refractivity contribution < 1.29 is 31.5 Å². The van der Waals surface area contributed by atoms with Crippen LogP contribution in [0.1, 0.15) is 21.5 Å². The van der Waals surface area contributed by atoms with Crippen LogP contribution in [0.4, 0.5) is 18.9 Å². The minimum atomic E-state index is -4.57. The monoisotopic (exact) mass is 359 g/mol. The third kappa shape index (κ3) is 3.67. The second-order valence-electron chi connectivity index (χ2n) is 4.91. The first-order chi connectivity index (χ1) is 11.0. The highest BCUT2D eigenvalue weighted by Crippen LogP contribution is 2.30. The van der Waals surface area contributed by atoms with Crippen molar-refractivity contribution >= 4 is 21.7 Å². The second-order valence-corrected chi connectivity index (χ2v) is 6.59. The Balaban J connectivity index is 2.36. The molecule has 0 aromatic heterocycles. The number of halogens is 3. The summed E-state index contributed by atoms with van der Waals surface area (Å²) in [5, 5.41) is 9.03. The highest BCUT2D eigenvalue weighted by Gasteiger charge is 2.30. The lowest BCUT2D eigenvalue weighted by atomic mass is 10.1. The maximum absolute atomic E-state index is 12.5. The van der Waals surface area contributed by atoms with Gasteiger partial charge in [-0.2, -0.15) is 13.2 Å². The van der Waals surface area contributed by atoms with Gasteiger partial charge >= 0.3 is 12.1 Å². The Bertz CT molecular complexity index is 875. The molecule has 0 aliphatic carbocycles. The molecule has 2 aromatic rings. The number of carboxylic acids is 1. The summed E-state index contributed by atoms with van der Waals surface area (Å²) in [6, 6.07) is 7.03. The fourth-order valence-corrected chi connectivity index (χ4v) is 3.13. The van der Waals surface area contributed by atoms with E-state index in [0.29, 0.717) is 12.1 Å². The molecule has 0 radical (unpaired) electrons. The highest BCUT2D eigenvalue weighted by molar-refractivity contribution is 7.92. The Morgan fingerprint density at radius 2 is 1.67 bits per heavy atom. The summed E-state index contributed by atoms with van der Waals surface area (Å²) >= 11 is 0. The van der Waals surface area contributed by atoms with Gasteiger partial charge in [-0.3, -0.25) is 4.72 Å². The van der Waals surface area contributed by atoms with Gasteiger partial charge in [0.05, 0.1) is 21.7 Å². The molecule has 0 saturated heterocycles. The van der Waals surface area contributed by atoms with Gasteiger partial charge in [0.15, 0.2) is 0 Å². The molecular formula is C15H12F3NO4S. The topological polar surface area (TPSA) is 83.5 Å². The lowest BCUT2D eigenvalue weighted by molar-refractivity contribution is -0.137. The van der Waals surface area contributed by atoms with Crippen molar-refractivity contribution in [3.63, 3.8) is 0 Å². The number of carboxylic acid groups (broad SMARTS) is 1. The first kappa shape index (κ1) is 17.8. The third-order valence-corrected chi connectivity index (χ3v) is 4.68. The molecule has 24 heavy (non-hydrogen) atoms. The van der Waals surface area contributed by atoms with Gasteiger partial charge in [-0.15, -0.1) is 0 Å². The molecule has 9 heteroatoms. The molecule has 0 spiro atoms. The largest absolute Gasteiger partial charge is 0.478 e. The molecule has 128 valence electrons. The van der Waals surface area contributed by atoms with Crippen LogP contribution in [0.25, 0.3) is 0 Å². The summed E-state index contributed by atoms with van der Waals surface area (Å²) in [5.41, 5.74) is -0.816. The van der Waals surface area contributed by atoms with Gasteiger partial charge in [0, 0.05) is 0 Å². The van der Waals surface area contributed by atoms with E-state index in [1.807, 2.05) is 0 Å².